The number of aromatic amines is 1. The topological polar surface area (TPSA) is 108 Å². The number of rotatable bonds is 5. The predicted octanol–water partition coefficient (Wildman–Crippen LogP) is 4.23. The van der Waals surface area contributed by atoms with Crippen molar-refractivity contribution in [2.45, 2.75) is 28.8 Å². The second-order valence-electron chi connectivity index (χ2n) is 6.55. The van der Waals surface area contributed by atoms with Crippen LogP contribution in [-0.4, -0.2) is 28.7 Å². The van der Waals surface area contributed by atoms with E-state index < -0.39 is 10.0 Å². The summed E-state index contributed by atoms with van der Waals surface area (Å²) in [4.78, 5) is 4.68. The van der Waals surface area contributed by atoms with Gasteiger partial charge in [-0.1, -0.05) is 30.3 Å². The van der Waals surface area contributed by atoms with E-state index in [0.717, 1.165) is 22.9 Å². The lowest BCUT2D eigenvalue weighted by atomic mass is 10.1. The molecule has 3 aromatic carbocycles. The van der Waals surface area contributed by atoms with E-state index in [1.165, 1.54) is 6.33 Å². The molecule has 0 radical (unpaired) electrons. The number of nitrogens with zero attached hydrogens (tertiary/aromatic N) is 2. The summed E-state index contributed by atoms with van der Waals surface area (Å²) in [7, 11) is -3.81. The highest BCUT2D eigenvalue weighted by atomic mass is 32.2. The Bertz CT molecular complexity index is 1300. The Labute approximate surface area is 172 Å². The number of anilines is 1. The number of phenols is 1. The summed E-state index contributed by atoms with van der Waals surface area (Å²) < 4.78 is 28.7. The standard InChI is InChI=1S/C20H18N4O3S2/c1-12-7-8-14(9-13(12)2)29(26,27)24-17-10-18(28-20-21-11-22-23-20)19(25)16-6-4-3-5-15(16)17/h3-11,24-25H,1-2H3,(H,21,22,23). The summed E-state index contributed by atoms with van der Waals surface area (Å²) in [5, 5.41) is 18.8. The van der Waals surface area contributed by atoms with Crippen LogP contribution >= 0.6 is 11.8 Å². The maximum absolute atomic E-state index is 13.0. The van der Waals surface area contributed by atoms with E-state index in [9.17, 15) is 13.5 Å². The maximum Gasteiger partial charge on any atom is 0.261 e. The van der Waals surface area contributed by atoms with Crippen LogP contribution in [-0.2, 0) is 10.0 Å². The van der Waals surface area contributed by atoms with Gasteiger partial charge in [-0.15, -0.1) is 5.10 Å². The first kappa shape index (κ1) is 19.3. The van der Waals surface area contributed by atoms with E-state index in [-0.39, 0.29) is 10.6 Å². The summed E-state index contributed by atoms with van der Waals surface area (Å²) in [6.45, 7) is 3.80. The lowest BCUT2D eigenvalue weighted by molar-refractivity contribution is 0.469. The molecule has 4 aromatic rings. The first-order valence-electron chi connectivity index (χ1n) is 8.73. The number of H-pyrrole nitrogens is 1. The van der Waals surface area contributed by atoms with Crippen LogP contribution in [0.1, 0.15) is 11.1 Å². The molecule has 0 bridgehead atoms. The van der Waals surface area contributed by atoms with Gasteiger partial charge in [0.05, 0.1) is 15.5 Å². The van der Waals surface area contributed by atoms with Gasteiger partial charge in [0.25, 0.3) is 10.0 Å². The van der Waals surface area contributed by atoms with Crippen molar-refractivity contribution in [3.63, 3.8) is 0 Å². The number of phenolic OH excluding ortho intramolecular Hbond substituents is 1. The fourth-order valence-corrected chi connectivity index (χ4v) is 4.87. The number of fused-ring (bicyclic) bond motifs is 1. The summed E-state index contributed by atoms with van der Waals surface area (Å²) >= 11 is 1.14. The minimum Gasteiger partial charge on any atom is -0.506 e. The number of nitrogens with one attached hydrogen (secondary N) is 2. The molecule has 1 heterocycles. The lowest BCUT2D eigenvalue weighted by Crippen LogP contribution is -2.13. The third kappa shape index (κ3) is 3.79. The Balaban J connectivity index is 1.82. The first-order valence-corrected chi connectivity index (χ1v) is 11.0. The van der Waals surface area contributed by atoms with Crippen LogP contribution in [0.3, 0.4) is 0 Å². The number of aromatic nitrogens is 3. The molecule has 0 saturated heterocycles. The van der Waals surface area contributed by atoms with Crippen LogP contribution in [0.4, 0.5) is 5.69 Å². The van der Waals surface area contributed by atoms with Crippen LogP contribution in [0.25, 0.3) is 10.8 Å². The van der Waals surface area contributed by atoms with Crippen molar-refractivity contribution >= 4 is 38.2 Å². The predicted molar refractivity (Wildman–Crippen MR) is 113 cm³/mol. The largest absolute Gasteiger partial charge is 0.506 e. The molecule has 0 fully saturated rings. The SMILES string of the molecule is Cc1ccc(S(=O)(=O)Nc2cc(Sc3nc[nH]n3)c(O)c3ccccc23)cc1C. The molecule has 3 N–H and O–H groups in total. The normalized spacial score (nSPS) is 11.7. The minimum absolute atomic E-state index is 0.0459. The molecular weight excluding hydrogens is 408 g/mol. The van der Waals surface area contributed by atoms with Gasteiger partial charge in [-0.3, -0.25) is 9.82 Å². The summed E-state index contributed by atoms with van der Waals surface area (Å²) in [5.41, 5.74) is 2.28. The van der Waals surface area contributed by atoms with Gasteiger partial charge >= 0.3 is 0 Å². The molecule has 0 spiro atoms. The van der Waals surface area contributed by atoms with Crippen molar-refractivity contribution in [2.75, 3.05) is 4.72 Å². The average Bonchev–Trinajstić information content (AvgIpc) is 3.20. The number of sulfonamides is 1. The van der Waals surface area contributed by atoms with Crippen molar-refractivity contribution in [3.8, 4) is 5.75 Å². The second-order valence-corrected chi connectivity index (χ2v) is 9.24. The van der Waals surface area contributed by atoms with Gasteiger partial charge in [-0.25, -0.2) is 13.4 Å². The lowest BCUT2D eigenvalue weighted by Gasteiger charge is -2.15. The van der Waals surface area contributed by atoms with Crippen molar-refractivity contribution in [1.29, 1.82) is 0 Å². The van der Waals surface area contributed by atoms with Crippen molar-refractivity contribution < 1.29 is 13.5 Å². The molecule has 148 valence electrons. The molecule has 7 nitrogen and oxygen atoms in total. The van der Waals surface area contributed by atoms with Crippen LogP contribution in [0.5, 0.6) is 5.75 Å². The zero-order valence-electron chi connectivity index (χ0n) is 15.7. The number of hydrogen-bond acceptors (Lipinski definition) is 6. The number of aryl methyl sites for hydroxylation is 2. The number of aromatic hydroxyl groups is 1. The summed E-state index contributed by atoms with van der Waals surface area (Å²) in [5.74, 6) is 0.0459. The Hall–Kier alpha value is -3.04. The van der Waals surface area contributed by atoms with Gasteiger partial charge < -0.3 is 5.11 Å². The van der Waals surface area contributed by atoms with Crippen LogP contribution in [0.2, 0.25) is 0 Å². The summed E-state index contributed by atoms with van der Waals surface area (Å²) in [6, 6.07) is 13.7. The van der Waals surface area contributed by atoms with Crippen LogP contribution in [0.15, 0.2) is 69.8 Å². The fourth-order valence-electron chi connectivity index (χ4n) is 2.93. The maximum atomic E-state index is 13.0. The van der Waals surface area contributed by atoms with Gasteiger partial charge in [0, 0.05) is 10.8 Å². The van der Waals surface area contributed by atoms with E-state index >= 15 is 0 Å². The van der Waals surface area contributed by atoms with Crippen LogP contribution < -0.4 is 4.72 Å². The minimum atomic E-state index is -3.81. The van der Waals surface area contributed by atoms with E-state index in [4.69, 9.17) is 0 Å². The van der Waals surface area contributed by atoms with Crippen molar-refractivity contribution in [3.05, 3.63) is 66.0 Å². The fraction of sp³-hybridized carbons (Fsp3) is 0.100. The Morgan fingerprint density at radius 3 is 2.48 bits per heavy atom. The molecule has 0 aliphatic carbocycles. The van der Waals surface area contributed by atoms with Crippen LogP contribution in [0, 0.1) is 13.8 Å². The quantitative estimate of drug-likeness (QED) is 0.412. The Morgan fingerprint density at radius 1 is 1.03 bits per heavy atom. The molecule has 0 aliphatic rings. The zero-order chi connectivity index (χ0) is 20.6. The van der Waals surface area contributed by atoms with E-state index in [2.05, 4.69) is 19.9 Å². The van der Waals surface area contributed by atoms with Gasteiger partial charge in [-0.2, -0.15) is 0 Å². The molecular formula is C20H18N4O3S2. The van der Waals surface area contributed by atoms with Gasteiger partial charge in [0.1, 0.15) is 12.1 Å². The molecule has 0 aliphatic heterocycles. The Morgan fingerprint density at radius 2 is 1.79 bits per heavy atom. The highest BCUT2D eigenvalue weighted by molar-refractivity contribution is 7.99. The molecule has 9 heteroatoms. The highest BCUT2D eigenvalue weighted by Crippen LogP contribution is 2.42. The molecule has 0 atom stereocenters. The molecule has 0 unspecified atom stereocenters. The van der Waals surface area contributed by atoms with Gasteiger partial charge in [0.15, 0.2) is 0 Å². The zero-order valence-corrected chi connectivity index (χ0v) is 17.3. The van der Waals surface area contributed by atoms with E-state index in [0.29, 0.717) is 26.5 Å². The molecule has 0 amide bonds. The molecule has 29 heavy (non-hydrogen) atoms. The van der Waals surface area contributed by atoms with Crippen molar-refractivity contribution in [2.24, 2.45) is 0 Å². The van der Waals surface area contributed by atoms with Gasteiger partial charge in [0.2, 0.25) is 5.16 Å². The smallest absolute Gasteiger partial charge is 0.261 e. The summed E-state index contributed by atoms with van der Waals surface area (Å²) in [6.07, 6.45) is 1.43. The third-order valence-corrected chi connectivity index (χ3v) is 6.88. The average molecular weight is 427 g/mol. The molecule has 0 saturated carbocycles. The monoisotopic (exact) mass is 426 g/mol. The number of benzene rings is 3. The second kappa shape index (κ2) is 7.41. The molecule has 4 rings (SSSR count). The molecule has 1 aromatic heterocycles. The highest BCUT2D eigenvalue weighted by Gasteiger charge is 2.19. The first-order chi connectivity index (χ1) is 13.8. The van der Waals surface area contributed by atoms with Crippen molar-refractivity contribution in [1.82, 2.24) is 15.2 Å². The Kier molecular flexibility index (Phi) is 4.93. The third-order valence-electron chi connectivity index (χ3n) is 4.61. The van der Waals surface area contributed by atoms with E-state index in [1.807, 2.05) is 13.8 Å². The van der Waals surface area contributed by atoms with Gasteiger partial charge in [-0.05, 0) is 54.9 Å². The number of hydrogen-bond donors (Lipinski definition) is 3. The van der Waals surface area contributed by atoms with E-state index in [1.54, 1.807) is 48.5 Å².